The first-order valence-electron chi connectivity index (χ1n) is 17.3. The number of carbonyl (C=O) groups is 4. The maximum absolute atomic E-state index is 14.4. The van der Waals surface area contributed by atoms with E-state index >= 15 is 0 Å². The van der Waals surface area contributed by atoms with E-state index in [1.807, 2.05) is 39.7 Å². The van der Waals surface area contributed by atoms with E-state index in [1.165, 1.54) is 32.3 Å². The Morgan fingerprint density at radius 3 is 2.51 bits per heavy atom. The topological polar surface area (TPSA) is 140 Å². The number of rotatable bonds is 6. The zero-order valence-electron chi connectivity index (χ0n) is 27.3. The van der Waals surface area contributed by atoms with E-state index in [4.69, 9.17) is 4.74 Å². The van der Waals surface area contributed by atoms with Gasteiger partial charge in [-0.2, -0.15) is 27.8 Å². The Morgan fingerprint density at radius 2 is 1.78 bits per heavy atom. The molecule has 11 nitrogen and oxygen atoms in total. The molecule has 2 N–H and O–H groups in total. The Hall–Kier alpha value is -4.10. The van der Waals surface area contributed by atoms with Crippen molar-refractivity contribution in [2.24, 2.45) is 5.92 Å². The number of allylic oxidation sites excluding steroid dienone is 1. The van der Waals surface area contributed by atoms with Crippen molar-refractivity contribution in [3.05, 3.63) is 62.4 Å². The quantitative estimate of drug-likeness (QED) is 0.256. The van der Waals surface area contributed by atoms with Gasteiger partial charge in [0.05, 0.1) is 17.8 Å². The number of carbonyl (C=O) groups excluding carboxylic acids is 4. The van der Waals surface area contributed by atoms with Crippen LogP contribution in [0, 0.1) is 5.92 Å². The lowest BCUT2D eigenvalue weighted by Crippen LogP contribution is -2.55. The van der Waals surface area contributed by atoms with Gasteiger partial charge in [-0.3, -0.25) is 14.4 Å². The molecule has 0 bridgehead atoms. The van der Waals surface area contributed by atoms with Crippen LogP contribution < -0.4 is 16.2 Å². The normalized spacial score (nSPS) is 28.4. The van der Waals surface area contributed by atoms with Crippen molar-refractivity contribution >= 4 is 46.9 Å². The molecule has 2 aliphatic heterocycles. The Labute approximate surface area is 292 Å². The highest BCUT2D eigenvalue weighted by Crippen LogP contribution is 2.44. The van der Waals surface area contributed by atoms with Gasteiger partial charge in [0.15, 0.2) is 0 Å². The van der Waals surface area contributed by atoms with Crippen LogP contribution in [0.15, 0.2) is 56.8 Å². The molecule has 13 heteroatoms. The number of amides is 3. The number of alkyl carbamates (subject to hydrolysis) is 1. The molecule has 7 rings (SSSR count). The summed E-state index contributed by atoms with van der Waals surface area (Å²) < 4.78 is 7.06. The molecule has 3 aromatic rings. The van der Waals surface area contributed by atoms with Gasteiger partial charge in [-0.05, 0) is 96.1 Å². The van der Waals surface area contributed by atoms with Crippen molar-refractivity contribution in [3.63, 3.8) is 0 Å². The van der Waals surface area contributed by atoms with Crippen molar-refractivity contribution in [3.8, 4) is 22.3 Å². The first-order chi connectivity index (χ1) is 23.9. The van der Waals surface area contributed by atoms with Gasteiger partial charge in [-0.25, -0.2) is 9.48 Å². The Kier molecular flexibility index (Phi) is 9.82. The molecule has 49 heavy (non-hydrogen) atoms. The number of aldehydes is 1. The largest absolute Gasteiger partial charge is 0.446 e. The molecule has 3 fully saturated rings. The Bertz CT molecular complexity index is 1770. The number of hydrogen-bond donors (Lipinski definition) is 2. The van der Waals surface area contributed by atoms with Gasteiger partial charge in [0.2, 0.25) is 11.8 Å². The van der Waals surface area contributed by atoms with E-state index in [9.17, 15) is 24.0 Å². The third-order valence-corrected chi connectivity index (χ3v) is 11.7. The fraction of sp³-hybridized carbons (Fsp3) is 0.500. The molecule has 5 atom stereocenters. The van der Waals surface area contributed by atoms with Gasteiger partial charge in [0, 0.05) is 24.4 Å². The van der Waals surface area contributed by atoms with E-state index in [1.54, 1.807) is 6.20 Å². The molecule has 0 radical (unpaired) electrons. The second-order valence-corrected chi connectivity index (χ2v) is 15.2. The maximum Gasteiger partial charge on any atom is 0.408 e. The summed E-state index contributed by atoms with van der Waals surface area (Å²) in [4.78, 5) is 69.6. The third-order valence-electron chi connectivity index (χ3n) is 10.4. The number of aromatic nitrogens is 2. The van der Waals surface area contributed by atoms with Crippen molar-refractivity contribution in [2.75, 3.05) is 6.54 Å². The fourth-order valence-electron chi connectivity index (χ4n) is 7.54. The van der Waals surface area contributed by atoms with Crippen LogP contribution in [0.5, 0.6) is 0 Å². The van der Waals surface area contributed by atoms with Gasteiger partial charge in [-0.1, -0.05) is 25.0 Å². The highest BCUT2D eigenvalue weighted by Gasteiger charge is 2.56. The van der Waals surface area contributed by atoms with E-state index < -0.39 is 41.6 Å². The average molecular weight is 704 g/mol. The number of fused-ring (bicyclic) bond motifs is 2. The van der Waals surface area contributed by atoms with Gasteiger partial charge in [0.25, 0.3) is 5.56 Å². The summed E-state index contributed by atoms with van der Waals surface area (Å²) in [6, 6.07) is 1.34. The molecular weight excluding hydrogens is 663 g/mol. The summed E-state index contributed by atoms with van der Waals surface area (Å²) in [6.45, 7) is 0.0397. The molecule has 0 unspecified atom stereocenters. The van der Waals surface area contributed by atoms with Crippen LogP contribution in [0.25, 0.3) is 22.3 Å². The molecule has 0 aromatic carbocycles. The summed E-state index contributed by atoms with van der Waals surface area (Å²) in [5.41, 5.74) is 1.56. The lowest BCUT2D eigenvalue weighted by molar-refractivity contribution is -0.140. The minimum absolute atomic E-state index is 0.0397. The summed E-state index contributed by atoms with van der Waals surface area (Å²) >= 11 is 3.02. The van der Waals surface area contributed by atoms with Gasteiger partial charge in [0.1, 0.15) is 30.0 Å². The minimum atomic E-state index is -1.02. The predicted molar refractivity (Wildman–Crippen MR) is 187 cm³/mol. The van der Waals surface area contributed by atoms with E-state index in [2.05, 4.69) is 21.8 Å². The standard InChI is InChI=1S/C36H41N5O6S2/c42-22-36-17-25(36)8-4-2-1-3-5-11-29(38-35(46)47-27-9-6-7-10-27)33(44)40-19-26(16-30(40)32(43)39-36)41-34(45)31(24-13-15-49-21-24)28(18-37-41)23-12-14-48-20-23/h4,8,12-15,18,20-22,25-27,29-30H,1-3,5-7,9-11,16-17,19H2,(H,38,46)(H,39,43)/b8-4-/t25-,26-,29-,30+,36-/m1/s1. The van der Waals surface area contributed by atoms with E-state index in [0.717, 1.165) is 62.4 Å². The molecular formula is C36H41N5O6S2. The minimum Gasteiger partial charge on any atom is -0.446 e. The number of nitrogens with zero attached hydrogens (tertiary/aromatic N) is 3. The summed E-state index contributed by atoms with van der Waals surface area (Å²) in [6.07, 6.45) is 13.6. The molecule has 0 spiro atoms. The lowest BCUT2D eigenvalue weighted by atomic mass is 10.0. The molecule has 258 valence electrons. The average Bonchev–Trinajstić information content (AvgIpc) is 3.79. The number of thiophene rings is 2. The lowest BCUT2D eigenvalue weighted by Gasteiger charge is -2.29. The monoisotopic (exact) mass is 703 g/mol. The molecule has 2 aliphatic carbocycles. The number of ether oxygens (including phenoxy) is 1. The highest BCUT2D eigenvalue weighted by atomic mass is 32.1. The predicted octanol–water partition coefficient (Wildman–Crippen LogP) is 5.47. The first kappa shape index (κ1) is 33.4. The van der Waals surface area contributed by atoms with Crippen LogP contribution in [0.1, 0.15) is 76.7 Å². The third kappa shape index (κ3) is 7.00. The smallest absolute Gasteiger partial charge is 0.408 e. The van der Waals surface area contributed by atoms with E-state index in [-0.39, 0.29) is 30.5 Å². The molecule has 3 amide bonds. The number of hydrogen-bond acceptors (Lipinski definition) is 9. The summed E-state index contributed by atoms with van der Waals surface area (Å²) in [5.74, 6) is -0.975. The van der Waals surface area contributed by atoms with Crippen molar-refractivity contribution in [1.82, 2.24) is 25.3 Å². The van der Waals surface area contributed by atoms with Crippen LogP contribution >= 0.6 is 22.7 Å². The van der Waals surface area contributed by atoms with E-state index in [0.29, 0.717) is 30.4 Å². The molecule has 4 aliphatic rings. The Morgan fingerprint density at radius 1 is 1.02 bits per heavy atom. The SMILES string of the molecule is O=C[C@]12C[C@H]1/C=C\CCCCC[C@@H](NC(=O)OC1CCCC1)C(=O)N1C[C@H](n3ncc(-c4ccsc4)c(-c4ccsc4)c3=O)C[C@H]1C(=O)N2. The zero-order valence-corrected chi connectivity index (χ0v) is 28.9. The van der Waals surface area contributed by atoms with Crippen molar-refractivity contribution in [2.45, 2.75) is 100 Å². The summed E-state index contributed by atoms with van der Waals surface area (Å²) in [7, 11) is 0. The second kappa shape index (κ2) is 14.4. The van der Waals surface area contributed by atoms with Crippen molar-refractivity contribution in [1.29, 1.82) is 0 Å². The molecule has 5 heterocycles. The van der Waals surface area contributed by atoms with Crippen LogP contribution in [0.3, 0.4) is 0 Å². The highest BCUT2D eigenvalue weighted by molar-refractivity contribution is 7.08. The summed E-state index contributed by atoms with van der Waals surface area (Å²) in [5, 5.41) is 18.2. The molecule has 1 saturated heterocycles. The van der Waals surface area contributed by atoms with Gasteiger partial charge >= 0.3 is 6.09 Å². The van der Waals surface area contributed by atoms with Crippen molar-refractivity contribution < 1.29 is 23.9 Å². The van der Waals surface area contributed by atoms with Gasteiger partial charge in [-0.15, -0.1) is 0 Å². The fourth-order valence-corrected chi connectivity index (χ4v) is 8.84. The zero-order chi connectivity index (χ0) is 34.0. The maximum atomic E-state index is 14.4. The second-order valence-electron chi connectivity index (χ2n) is 13.6. The van der Waals surface area contributed by atoms with Crippen LogP contribution in [-0.4, -0.2) is 69.1 Å². The molecule has 3 aromatic heterocycles. The van der Waals surface area contributed by atoms with Crippen LogP contribution in [0.2, 0.25) is 0 Å². The van der Waals surface area contributed by atoms with Gasteiger partial charge < -0.3 is 25.1 Å². The Balaban J connectivity index is 1.22. The van der Waals surface area contributed by atoms with Crippen LogP contribution in [0.4, 0.5) is 4.79 Å². The number of nitrogens with one attached hydrogen (secondary N) is 2. The van der Waals surface area contributed by atoms with Crippen LogP contribution in [-0.2, 0) is 19.1 Å². The first-order valence-corrected chi connectivity index (χ1v) is 19.1. The molecule has 2 saturated carbocycles.